The van der Waals surface area contributed by atoms with Gasteiger partial charge in [0.2, 0.25) is 5.78 Å². The van der Waals surface area contributed by atoms with Crippen LogP contribution in [0.1, 0.15) is 68.8 Å². The Morgan fingerprint density at radius 2 is 1.48 bits per heavy atom. The lowest BCUT2D eigenvalue weighted by Crippen LogP contribution is -2.19. The highest BCUT2D eigenvalue weighted by atomic mass is 127. The Kier molecular flexibility index (Phi) is 4.68. The number of carbonyl (C=O) groups is 1. The van der Waals surface area contributed by atoms with Gasteiger partial charge in [0, 0.05) is 16.7 Å². The van der Waals surface area contributed by atoms with Crippen LogP contribution in [0.25, 0.3) is 0 Å². The minimum Gasteiger partial charge on any atom is -0.507 e. The fraction of sp³-hybridized carbons (Fsp3) is 0.421. The zero-order valence-electron chi connectivity index (χ0n) is 14.5. The van der Waals surface area contributed by atoms with Gasteiger partial charge in [-0.1, -0.05) is 41.5 Å². The van der Waals surface area contributed by atoms with Gasteiger partial charge in [0.25, 0.3) is 0 Å². The van der Waals surface area contributed by atoms with Gasteiger partial charge in [0.05, 0.1) is 0 Å². The molecule has 0 aliphatic carbocycles. The molecular formula is C19H23IO3. The van der Waals surface area contributed by atoms with Gasteiger partial charge in [0.1, 0.15) is 5.75 Å². The molecule has 4 heteroatoms. The summed E-state index contributed by atoms with van der Waals surface area (Å²) in [5, 5.41) is 10.7. The second kappa shape index (κ2) is 5.96. The molecular weight excluding hydrogens is 403 g/mol. The molecule has 0 radical (unpaired) electrons. The summed E-state index contributed by atoms with van der Waals surface area (Å²) >= 11 is 2.04. The summed E-state index contributed by atoms with van der Waals surface area (Å²) in [5.41, 5.74) is 1.56. The van der Waals surface area contributed by atoms with E-state index >= 15 is 0 Å². The van der Waals surface area contributed by atoms with E-state index in [9.17, 15) is 9.90 Å². The van der Waals surface area contributed by atoms with Crippen molar-refractivity contribution < 1.29 is 14.3 Å². The molecule has 2 aromatic rings. The van der Waals surface area contributed by atoms with E-state index in [-0.39, 0.29) is 22.4 Å². The fourth-order valence-corrected chi connectivity index (χ4v) is 2.90. The van der Waals surface area contributed by atoms with Gasteiger partial charge >= 0.3 is 0 Å². The number of hydrogen-bond acceptors (Lipinski definition) is 3. The number of rotatable bonds is 2. The van der Waals surface area contributed by atoms with Crippen LogP contribution in [0.2, 0.25) is 0 Å². The first-order valence-electron chi connectivity index (χ1n) is 7.59. The molecule has 3 nitrogen and oxygen atoms in total. The summed E-state index contributed by atoms with van der Waals surface area (Å²) in [6.07, 6.45) is 0. The Morgan fingerprint density at radius 1 is 1.00 bits per heavy atom. The van der Waals surface area contributed by atoms with Crippen molar-refractivity contribution in [2.24, 2.45) is 0 Å². The first-order chi connectivity index (χ1) is 10.4. The Hall–Kier alpha value is -1.30. The predicted octanol–water partition coefficient (Wildman–Crippen LogP) is 5.42. The standard InChI is InChI=1S/C19H23IO3/c1-18(2,3)12-9-11(10-13(17(12)22)19(4,5)6)16(21)14-7-8-15(20)23-14/h7-10,22H,1-6H3. The number of furan rings is 1. The minimum atomic E-state index is -0.266. The van der Waals surface area contributed by atoms with Crippen molar-refractivity contribution in [3.63, 3.8) is 0 Å². The van der Waals surface area contributed by atoms with E-state index in [1.54, 1.807) is 24.3 Å². The molecule has 124 valence electrons. The summed E-state index contributed by atoms with van der Waals surface area (Å²) in [6.45, 7) is 12.2. The van der Waals surface area contributed by atoms with Crippen molar-refractivity contribution in [1.29, 1.82) is 0 Å². The SMILES string of the molecule is CC(C)(C)c1cc(C(=O)c2ccc(I)o2)cc(C(C)(C)C)c1O. The molecule has 0 saturated carbocycles. The average Bonchev–Trinajstić information content (AvgIpc) is 2.82. The maximum atomic E-state index is 12.8. The molecule has 0 bridgehead atoms. The van der Waals surface area contributed by atoms with E-state index in [1.165, 1.54) is 0 Å². The number of phenols is 1. The van der Waals surface area contributed by atoms with Crippen molar-refractivity contribution >= 4 is 28.4 Å². The number of halogens is 1. The number of phenolic OH excluding ortho intramolecular Hbond substituents is 1. The third-order valence-corrected chi connectivity index (χ3v) is 4.36. The van der Waals surface area contributed by atoms with Crippen LogP contribution in [-0.2, 0) is 10.8 Å². The van der Waals surface area contributed by atoms with Crippen molar-refractivity contribution in [2.75, 3.05) is 0 Å². The molecule has 2 rings (SSSR count). The summed E-state index contributed by atoms with van der Waals surface area (Å²) in [5.74, 6) is 0.430. The molecule has 1 aromatic carbocycles. The predicted molar refractivity (Wildman–Crippen MR) is 100 cm³/mol. The quantitative estimate of drug-likeness (QED) is 0.516. The number of aromatic hydroxyl groups is 1. The number of ketones is 1. The molecule has 0 saturated heterocycles. The van der Waals surface area contributed by atoms with Crippen LogP contribution in [0.3, 0.4) is 0 Å². The van der Waals surface area contributed by atoms with Crippen LogP contribution >= 0.6 is 22.6 Å². The lowest BCUT2D eigenvalue weighted by Gasteiger charge is -2.28. The Balaban J connectivity index is 2.67. The average molecular weight is 426 g/mol. The van der Waals surface area contributed by atoms with Gasteiger partial charge in [-0.05, 0) is 57.7 Å². The lowest BCUT2D eigenvalue weighted by atomic mass is 9.78. The summed E-state index contributed by atoms with van der Waals surface area (Å²) in [4.78, 5) is 12.8. The third-order valence-electron chi connectivity index (χ3n) is 3.79. The number of carbonyl (C=O) groups excluding carboxylic acids is 1. The van der Waals surface area contributed by atoms with Gasteiger partial charge in [-0.15, -0.1) is 0 Å². The van der Waals surface area contributed by atoms with Crippen molar-refractivity contribution in [3.8, 4) is 5.75 Å². The largest absolute Gasteiger partial charge is 0.507 e. The molecule has 0 aliphatic rings. The van der Waals surface area contributed by atoms with Gasteiger partial charge in [-0.25, -0.2) is 0 Å². The second-order valence-electron chi connectivity index (χ2n) is 7.85. The summed E-state index contributed by atoms with van der Waals surface area (Å²) < 4.78 is 6.13. The molecule has 1 N–H and O–H groups in total. The topological polar surface area (TPSA) is 50.4 Å². The zero-order valence-corrected chi connectivity index (χ0v) is 16.6. The van der Waals surface area contributed by atoms with Crippen LogP contribution in [0.15, 0.2) is 28.7 Å². The maximum absolute atomic E-state index is 12.8. The van der Waals surface area contributed by atoms with Crippen molar-refractivity contribution in [3.05, 3.63) is 50.5 Å². The Bertz CT molecular complexity index is 708. The summed E-state index contributed by atoms with van der Waals surface area (Å²) in [6, 6.07) is 7.01. The van der Waals surface area contributed by atoms with Gasteiger partial charge in [-0.3, -0.25) is 4.79 Å². The third kappa shape index (κ3) is 3.79. The Labute approximate surface area is 151 Å². The second-order valence-corrected chi connectivity index (χ2v) is 8.92. The van der Waals surface area contributed by atoms with Crippen molar-refractivity contribution in [1.82, 2.24) is 0 Å². The van der Waals surface area contributed by atoms with Gasteiger partial charge in [-0.2, -0.15) is 0 Å². The van der Waals surface area contributed by atoms with Crippen LogP contribution in [-0.4, -0.2) is 10.9 Å². The molecule has 23 heavy (non-hydrogen) atoms. The molecule has 0 atom stereocenters. The van der Waals surface area contributed by atoms with Gasteiger partial charge < -0.3 is 9.52 Å². The minimum absolute atomic E-state index is 0.163. The molecule has 1 aromatic heterocycles. The molecule has 1 heterocycles. The van der Waals surface area contributed by atoms with E-state index < -0.39 is 0 Å². The highest BCUT2D eigenvalue weighted by Gasteiger charge is 2.28. The van der Waals surface area contributed by atoms with Gasteiger partial charge in [0.15, 0.2) is 9.53 Å². The fourth-order valence-electron chi connectivity index (χ4n) is 2.49. The van der Waals surface area contributed by atoms with Crippen LogP contribution in [0.5, 0.6) is 5.75 Å². The van der Waals surface area contributed by atoms with Crippen LogP contribution in [0.4, 0.5) is 0 Å². The van der Waals surface area contributed by atoms with E-state index in [4.69, 9.17) is 4.42 Å². The number of benzene rings is 1. The number of hydrogen-bond donors (Lipinski definition) is 1. The molecule has 0 amide bonds. The normalized spacial score (nSPS) is 12.5. The molecule has 0 fully saturated rings. The molecule has 0 unspecified atom stereocenters. The van der Waals surface area contributed by atoms with Crippen molar-refractivity contribution in [2.45, 2.75) is 52.4 Å². The Morgan fingerprint density at radius 3 is 1.83 bits per heavy atom. The van der Waals surface area contributed by atoms with E-state index in [2.05, 4.69) is 0 Å². The smallest absolute Gasteiger partial charge is 0.228 e. The van der Waals surface area contributed by atoms with Crippen LogP contribution in [0, 0.1) is 3.77 Å². The summed E-state index contributed by atoms with van der Waals surface area (Å²) in [7, 11) is 0. The zero-order chi connectivity index (χ0) is 17.6. The lowest BCUT2D eigenvalue weighted by molar-refractivity contribution is 0.101. The molecule has 0 spiro atoms. The first kappa shape index (κ1) is 18.0. The molecule has 0 aliphatic heterocycles. The monoisotopic (exact) mass is 426 g/mol. The van der Waals surface area contributed by atoms with E-state index in [0.717, 1.165) is 11.1 Å². The van der Waals surface area contributed by atoms with E-state index in [0.29, 0.717) is 15.1 Å². The van der Waals surface area contributed by atoms with Crippen LogP contribution < -0.4 is 0 Å². The highest BCUT2D eigenvalue weighted by Crippen LogP contribution is 2.40. The maximum Gasteiger partial charge on any atom is 0.228 e. The highest BCUT2D eigenvalue weighted by molar-refractivity contribution is 14.1. The van der Waals surface area contributed by atoms with E-state index in [1.807, 2.05) is 64.1 Å². The first-order valence-corrected chi connectivity index (χ1v) is 8.67.